The molecule has 1 N–H and O–H groups in total. The van der Waals surface area contributed by atoms with E-state index in [-0.39, 0.29) is 0 Å². The molecule has 0 saturated heterocycles. The average molecular weight is 209 g/mol. The fraction of sp³-hybridized carbons (Fsp3) is 0.750. The lowest BCUT2D eigenvalue weighted by Gasteiger charge is -2.03. The Balaban J connectivity index is 2.37. The number of aryl methyl sites for hydroxylation is 2. The highest BCUT2D eigenvalue weighted by atomic mass is 15.3. The number of rotatable bonds is 6. The van der Waals surface area contributed by atoms with Crippen molar-refractivity contribution in [3.05, 3.63) is 17.0 Å². The summed E-state index contributed by atoms with van der Waals surface area (Å²) in [6.45, 7) is 8.69. The van der Waals surface area contributed by atoms with E-state index in [2.05, 4.69) is 31.2 Å². The Hall–Kier alpha value is -0.830. The van der Waals surface area contributed by atoms with Crippen LogP contribution in [0.2, 0.25) is 0 Å². The van der Waals surface area contributed by atoms with Gasteiger partial charge in [0, 0.05) is 12.7 Å². The average Bonchev–Trinajstić information content (AvgIpc) is 2.44. The molecule has 0 aliphatic carbocycles. The zero-order valence-electron chi connectivity index (χ0n) is 10.4. The molecule has 1 heterocycles. The van der Waals surface area contributed by atoms with E-state index in [0.717, 1.165) is 19.5 Å². The second kappa shape index (κ2) is 5.91. The van der Waals surface area contributed by atoms with Crippen LogP contribution in [0.4, 0.5) is 0 Å². The molecule has 0 saturated carbocycles. The molecule has 0 aliphatic heterocycles. The van der Waals surface area contributed by atoms with Gasteiger partial charge in [-0.05, 0) is 51.8 Å². The minimum absolute atomic E-state index is 1.11. The van der Waals surface area contributed by atoms with Gasteiger partial charge in [-0.3, -0.25) is 4.68 Å². The Morgan fingerprint density at radius 2 is 2.00 bits per heavy atom. The quantitative estimate of drug-likeness (QED) is 0.726. The lowest BCUT2D eigenvalue weighted by Crippen LogP contribution is -2.16. The van der Waals surface area contributed by atoms with Crippen molar-refractivity contribution >= 4 is 0 Å². The lowest BCUT2D eigenvalue weighted by atomic mass is 10.1. The van der Waals surface area contributed by atoms with Crippen molar-refractivity contribution < 1.29 is 0 Å². The van der Waals surface area contributed by atoms with Crippen molar-refractivity contribution in [2.24, 2.45) is 7.05 Å². The van der Waals surface area contributed by atoms with E-state index in [4.69, 9.17) is 0 Å². The van der Waals surface area contributed by atoms with E-state index in [0.29, 0.717) is 0 Å². The molecule has 0 bridgehead atoms. The predicted octanol–water partition coefficient (Wildman–Crippen LogP) is 1.97. The lowest BCUT2D eigenvalue weighted by molar-refractivity contribution is 0.638. The fourth-order valence-corrected chi connectivity index (χ4v) is 1.87. The Kier molecular flexibility index (Phi) is 4.82. The van der Waals surface area contributed by atoms with Gasteiger partial charge in [0.2, 0.25) is 0 Å². The molecular formula is C12H23N3. The summed E-state index contributed by atoms with van der Waals surface area (Å²) in [6, 6.07) is 0. The molecule has 15 heavy (non-hydrogen) atoms. The summed E-state index contributed by atoms with van der Waals surface area (Å²) in [5.41, 5.74) is 3.92. The molecule has 0 aromatic carbocycles. The van der Waals surface area contributed by atoms with Gasteiger partial charge in [-0.25, -0.2) is 0 Å². The molecule has 86 valence electrons. The molecule has 3 heteroatoms. The second-order valence-corrected chi connectivity index (χ2v) is 4.13. The van der Waals surface area contributed by atoms with Crippen molar-refractivity contribution in [1.29, 1.82) is 0 Å². The summed E-state index contributed by atoms with van der Waals surface area (Å²) in [4.78, 5) is 0. The minimum Gasteiger partial charge on any atom is -0.317 e. The van der Waals surface area contributed by atoms with E-state index >= 15 is 0 Å². The molecule has 0 fully saturated rings. The first-order valence-electron chi connectivity index (χ1n) is 5.86. The third-order valence-electron chi connectivity index (χ3n) is 2.87. The fourth-order valence-electron chi connectivity index (χ4n) is 1.87. The van der Waals surface area contributed by atoms with Gasteiger partial charge < -0.3 is 5.32 Å². The van der Waals surface area contributed by atoms with Gasteiger partial charge in [0.1, 0.15) is 0 Å². The highest BCUT2D eigenvalue weighted by molar-refractivity contribution is 5.24. The number of aromatic nitrogens is 2. The first-order valence-corrected chi connectivity index (χ1v) is 5.86. The van der Waals surface area contributed by atoms with Crippen LogP contribution in [0.5, 0.6) is 0 Å². The number of hydrogen-bond acceptors (Lipinski definition) is 2. The van der Waals surface area contributed by atoms with Crippen LogP contribution in [0.1, 0.15) is 36.7 Å². The van der Waals surface area contributed by atoms with Crippen LogP contribution in [0, 0.1) is 13.8 Å². The predicted molar refractivity (Wildman–Crippen MR) is 64.2 cm³/mol. The largest absolute Gasteiger partial charge is 0.317 e. The van der Waals surface area contributed by atoms with Gasteiger partial charge in [0.05, 0.1) is 5.69 Å². The van der Waals surface area contributed by atoms with Gasteiger partial charge in [-0.2, -0.15) is 5.10 Å². The standard InChI is InChI=1S/C12H23N3/c1-5-8-13-9-6-7-12-10(2)14-15(4)11(12)3/h13H,5-9H2,1-4H3. The van der Waals surface area contributed by atoms with Crippen LogP contribution in [0.3, 0.4) is 0 Å². The molecule has 0 spiro atoms. The maximum atomic E-state index is 4.42. The summed E-state index contributed by atoms with van der Waals surface area (Å²) >= 11 is 0. The third kappa shape index (κ3) is 3.34. The molecule has 0 aliphatic rings. The molecule has 1 aromatic heterocycles. The van der Waals surface area contributed by atoms with E-state index in [1.54, 1.807) is 0 Å². The van der Waals surface area contributed by atoms with Crippen LogP contribution in [-0.2, 0) is 13.5 Å². The third-order valence-corrected chi connectivity index (χ3v) is 2.87. The van der Waals surface area contributed by atoms with E-state index in [1.165, 1.54) is 29.8 Å². The number of hydrogen-bond donors (Lipinski definition) is 1. The normalized spacial score (nSPS) is 10.9. The SMILES string of the molecule is CCCNCCCc1c(C)nn(C)c1C. The van der Waals surface area contributed by atoms with Gasteiger partial charge in [0.25, 0.3) is 0 Å². The van der Waals surface area contributed by atoms with Gasteiger partial charge in [0.15, 0.2) is 0 Å². The van der Waals surface area contributed by atoms with Crippen molar-refractivity contribution in [3.63, 3.8) is 0 Å². The maximum absolute atomic E-state index is 4.42. The van der Waals surface area contributed by atoms with Crippen LogP contribution < -0.4 is 5.32 Å². The summed E-state index contributed by atoms with van der Waals surface area (Å²) in [5.74, 6) is 0. The molecule has 1 rings (SSSR count). The Morgan fingerprint density at radius 3 is 2.53 bits per heavy atom. The molecule has 0 atom stereocenters. The molecule has 3 nitrogen and oxygen atoms in total. The topological polar surface area (TPSA) is 29.9 Å². The minimum atomic E-state index is 1.11. The second-order valence-electron chi connectivity index (χ2n) is 4.13. The van der Waals surface area contributed by atoms with Crippen LogP contribution in [0.15, 0.2) is 0 Å². The van der Waals surface area contributed by atoms with Gasteiger partial charge in [-0.15, -0.1) is 0 Å². The van der Waals surface area contributed by atoms with Gasteiger partial charge >= 0.3 is 0 Å². The van der Waals surface area contributed by atoms with Crippen molar-refractivity contribution in [3.8, 4) is 0 Å². The molecular weight excluding hydrogens is 186 g/mol. The monoisotopic (exact) mass is 209 g/mol. The van der Waals surface area contributed by atoms with E-state index in [1.807, 2.05) is 11.7 Å². The van der Waals surface area contributed by atoms with Crippen molar-refractivity contribution in [1.82, 2.24) is 15.1 Å². The molecule has 0 unspecified atom stereocenters. The van der Waals surface area contributed by atoms with Gasteiger partial charge in [-0.1, -0.05) is 6.92 Å². The zero-order chi connectivity index (χ0) is 11.3. The molecule has 0 amide bonds. The van der Waals surface area contributed by atoms with Crippen LogP contribution in [-0.4, -0.2) is 22.9 Å². The smallest absolute Gasteiger partial charge is 0.0628 e. The van der Waals surface area contributed by atoms with Crippen molar-refractivity contribution in [2.75, 3.05) is 13.1 Å². The zero-order valence-corrected chi connectivity index (χ0v) is 10.4. The van der Waals surface area contributed by atoms with E-state index in [9.17, 15) is 0 Å². The maximum Gasteiger partial charge on any atom is 0.0628 e. The number of nitrogens with one attached hydrogen (secondary N) is 1. The first-order chi connectivity index (χ1) is 7.16. The molecule has 0 radical (unpaired) electrons. The van der Waals surface area contributed by atoms with Crippen molar-refractivity contribution in [2.45, 2.75) is 40.0 Å². The first kappa shape index (κ1) is 12.2. The Labute approximate surface area is 92.9 Å². The number of nitrogens with zero attached hydrogens (tertiary/aromatic N) is 2. The molecule has 1 aromatic rings. The summed E-state index contributed by atoms with van der Waals surface area (Å²) < 4.78 is 1.98. The van der Waals surface area contributed by atoms with E-state index < -0.39 is 0 Å². The highest BCUT2D eigenvalue weighted by Gasteiger charge is 2.07. The Morgan fingerprint density at radius 1 is 1.27 bits per heavy atom. The van der Waals surface area contributed by atoms with Crippen LogP contribution in [0.25, 0.3) is 0 Å². The van der Waals surface area contributed by atoms with Crippen LogP contribution >= 0.6 is 0 Å². The highest BCUT2D eigenvalue weighted by Crippen LogP contribution is 2.13. The summed E-state index contributed by atoms with van der Waals surface area (Å²) in [6.07, 6.45) is 3.56. The summed E-state index contributed by atoms with van der Waals surface area (Å²) in [5, 5.41) is 7.85. The summed E-state index contributed by atoms with van der Waals surface area (Å²) in [7, 11) is 2.02. The Bertz CT molecular complexity index is 302.